The zero-order chi connectivity index (χ0) is 11.3. The van der Waals surface area contributed by atoms with Crippen LogP contribution in [0.25, 0.3) is 10.8 Å². The molecular formula is C13H15N3. The maximum Gasteiger partial charge on any atom is 0.0982 e. The minimum absolute atomic E-state index is 0.404. The molecule has 0 spiro atoms. The zero-order valence-corrected chi connectivity index (χ0v) is 9.81. The van der Waals surface area contributed by atoms with Crippen molar-refractivity contribution in [1.82, 2.24) is 4.98 Å². The molecule has 2 heterocycles. The van der Waals surface area contributed by atoms with Gasteiger partial charge in [0.25, 0.3) is 0 Å². The second kappa shape index (κ2) is 3.11. The Bertz CT molecular complexity index is 550. The Morgan fingerprint density at radius 3 is 2.75 bits per heavy atom. The quantitative estimate of drug-likeness (QED) is 0.670. The summed E-state index contributed by atoms with van der Waals surface area (Å²) in [7, 11) is 4.27. The van der Waals surface area contributed by atoms with E-state index in [1.807, 2.05) is 12.4 Å². The molecule has 82 valence electrons. The molecule has 0 N–H and O–H groups in total. The standard InChI is InChI=1S/C13H15N3/c1-9-15(2)12-5-4-10-6-7-14-8-11(10)13(12)16(9)3/h4-9H,1-3H3. The third kappa shape index (κ3) is 1.06. The van der Waals surface area contributed by atoms with Crippen LogP contribution >= 0.6 is 0 Å². The Morgan fingerprint density at radius 1 is 1.12 bits per heavy atom. The van der Waals surface area contributed by atoms with E-state index in [1.165, 1.54) is 22.1 Å². The van der Waals surface area contributed by atoms with E-state index in [2.05, 4.69) is 54.0 Å². The first-order valence-electron chi connectivity index (χ1n) is 5.52. The molecule has 3 nitrogen and oxygen atoms in total. The number of fused-ring (bicyclic) bond motifs is 3. The van der Waals surface area contributed by atoms with Gasteiger partial charge in [0, 0.05) is 31.9 Å². The lowest BCUT2D eigenvalue weighted by molar-refractivity contribution is 0.710. The molecular weight excluding hydrogens is 198 g/mol. The van der Waals surface area contributed by atoms with Gasteiger partial charge in [0.05, 0.1) is 17.5 Å². The number of hydrogen-bond acceptors (Lipinski definition) is 3. The van der Waals surface area contributed by atoms with Crippen molar-refractivity contribution in [2.24, 2.45) is 0 Å². The molecule has 0 radical (unpaired) electrons. The van der Waals surface area contributed by atoms with Gasteiger partial charge in [-0.2, -0.15) is 0 Å². The molecule has 1 atom stereocenters. The minimum Gasteiger partial charge on any atom is -0.353 e. The molecule has 2 aromatic rings. The van der Waals surface area contributed by atoms with Crippen molar-refractivity contribution in [3.05, 3.63) is 30.6 Å². The van der Waals surface area contributed by atoms with E-state index in [-0.39, 0.29) is 0 Å². The molecule has 0 aliphatic carbocycles. The van der Waals surface area contributed by atoms with Crippen LogP contribution in [0.5, 0.6) is 0 Å². The normalized spacial score (nSPS) is 19.3. The van der Waals surface area contributed by atoms with Crippen LogP contribution in [-0.4, -0.2) is 25.2 Å². The molecule has 0 saturated carbocycles. The molecule has 1 unspecified atom stereocenters. The molecule has 0 fully saturated rings. The minimum atomic E-state index is 0.404. The van der Waals surface area contributed by atoms with E-state index in [4.69, 9.17) is 0 Å². The van der Waals surface area contributed by atoms with Gasteiger partial charge in [0.2, 0.25) is 0 Å². The van der Waals surface area contributed by atoms with Gasteiger partial charge in [-0.15, -0.1) is 0 Å². The zero-order valence-electron chi connectivity index (χ0n) is 9.81. The first-order valence-corrected chi connectivity index (χ1v) is 5.52. The highest BCUT2D eigenvalue weighted by Gasteiger charge is 2.28. The Balaban J connectivity index is 2.36. The van der Waals surface area contributed by atoms with Gasteiger partial charge in [-0.3, -0.25) is 4.98 Å². The number of benzene rings is 1. The number of hydrogen-bond donors (Lipinski definition) is 0. The maximum absolute atomic E-state index is 4.23. The lowest BCUT2D eigenvalue weighted by atomic mass is 10.1. The summed E-state index contributed by atoms with van der Waals surface area (Å²) < 4.78 is 0. The fourth-order valence-corrected chi connectivity index (χ4v) is 2.44. The third-order valence-corrected chi connectivity index (χ3v) is 3.63. The van der Waals surface area contributed by atoms with Crippen molar-refractivity contribution in [2.45, 2.75) is 13.1 Å². The topological polar surface area (TPSA) is 19.4 Å². The van der Waals surface area contributed by atoms with Gasteiger partial charge in [-0.25, -0.2) is 0 Å². The third-order valence-electron chi connectivity index (χ3n) is 3.63. The van der Waals surface area contributed by atoms with Crippen molar-refractivity contribution in [3.8, 4) is 0 Å². The Hall–Kier alpha value is -1.77. The van der Waals surface area contributed by atoms with Gasteiger partial charge in [-0.05, 0) is 24.4 Å². The van der Waals surface area contributed by atoms with Gasteiger partial charge in [-0.1, -0.05) is 6.07 Å². The summed E-state index contributed by atoms with van der Waals surface area (Å²) >= 11 is 0. The van der Waals surface area contributed by atoms with E-state index in [0.29, 0.717) is 6.17 Å². The van der Waals surface area contributed by atoms with Gasteiger partial charge in [0.1, 0.15) is 0 Å². The average molecular weight is 213 g/mol. The predicted octanol–water partition coefficient (Wildman–Crippen LogP) is 2.47. The van der Waals surface area contributed by atoms with Crippen LogP contribution in [0.2, 0.25) is 0 Å². The van der Waals surface area contributed by atoms with E-state index in [0.717, 1.165) is 0 Å². The smallest absolute Gasteiger partial charge is 0.0982 e. The summed E-state index contributed by atoms with van der Waals surface area (Å²) in [5.41, 5.74) is 2.58. The van der Waals surface area contributed by atoms with Crippen LogP contribution in [0.1, 0.15) is 6.92 Å². The number of nitrogens with zero attached hydrogens (tertiary/aromatic N) is 3. The average Bonchev–Trinajstić information content (AvgIpc) is 2.55. The molecule has 0 bridgehead atoms. The first-order chi connectivity index (χ1) is 7.70. The van der Waals surface area contributed by atoms with Gasteiger partial charge < -0.3 is 9.80 Å². The van der Waals surface area contributed by atoms with Crippen LogP contribution in [0.3, 0.4) is 0 Å². The lowest BCUT2D eigenvalue weighted by Gasteiger charge is -2.23. The number of aromatic nitrogens is 1. The Morgan fingerprint density at radius 2 is 1.94 bits per heavy atom. The predicted molar refractivity (Wildman–Crippen MR) is 68.0 cm³/mol. The summed E-state index contributed by atoms with van der Waals surface area (Å²) in [5.74, 6) is 0. The van der Waals surface area contributed by atoms with E-state index >= 15 is 0 Å². The maximum atomic E-state index is 4.23. The SMILES string of the molecule is CC1N(C)c2ccc3ccncc3c2N1C. The van der Waals surface area contributed by atoms with Gasteiger partial charge in [0.15, 0.2) is 0 Å². The fourth-order valence-electron chi connectivity index (χ4n) is 2.44. The number of rotatable bonds is 0. The summed E-state index contributed by atoms with van der Waals surface area (Å²) in [6, 6.07) is 6.42. The summed E-state index contributed by atoms with van der Waals surface area (Å²) in [6.07, 6.45) is 4.20. The summed E-state index contributed by atoms with van der Waals surface area (Å²) in [5, 5.41) is 2.49. The van der Waals surface area contributed by atoms with E-state index < -0.39 is 0 Å². The molecule has 3 rings (SSSR count). The van der Waals surface area contributed by atoms with Crippen LogP contribution in [0.15, 0.2) is 30.6 Å². The molecule has 1 aliphatic heterocycles. The molecule has 1 aliphatic rings. The molecule has 16 heavy (non-hydrogen) atoms. The van der Waals surface area contributed by atoms with Crippen molar-refractivity contribution in [3.63, 3.8) is 0 Å². The van der Waals surface area contributed by atoms with E-state index in [9.17, 15) is 0 Å². The highest BCUT2D eigenvalue weighted by Crippen LogP contribution is 2.42. The van der Waals surface area contributed by atoms with Crippen LogP contribution in [-0.2, 0) is 0 Å². The van der Waals surface area contributed by atoms with Crippen molar-refractivity contribution in [2.75, 3.05) is 23.9 Å². The van der Waals surface area contributed by atoms with Crippen molar-refractivity contribution < 1.29 is 0 Å². The fraction of sp³-hybridized carbons (Fsp3) is 0.308. The highest BCUT2D eigenvalue weighted by atomic mass is 15.4. The molecule has 0 saturated heterocycles. The molecule has 1 aromatic carbocycles. The van der Waals surface area contributed by atoms with Crippen LogP contribution in [0, 0.1) is 0 Å². The first kappa shape index (κ1) is 9.46. The Kier molecular flexibility index (Phi) is 1.84. The molecule has 3 heteroatoms. The monoisotopic (exact) mass is 213 g/mol. The second-order valence-electron chi connectivity index (χ2n) is 4.38. The number of anilines is 2. The molecule has 1 aromatic heterocycles. The van der Waals surface area contributed by atoms with Crippen LogP contribution in [0.4, 0.5) is 11.4 Å². The van der Waals surface area contributed by atoms with Crippen LogP contribution < -0.4 is 9.80 Å². The van der Waals surface area contributed by atoms with E-state index in [1.54, 1.807) is 0 Å². The second-order valence-corrected chi connectivity index (χ2v) is 4.38. The van der Waals surface area contributed by atoms with Crippen molar-refractivity contribution >= 4 is 22.1 Å². The van der Waals surface area contributed by atoms with Gasteiger partial charge >= 0.3 is 0 Å². The largest absolute Gasteiger partial charge is 0.353 e. The number of pyridine rings is 1. The highest BCUT2D eigenvalue weighted by molar-refractivity contribution is 6.02. The lowest BCUT2D eigenvalue weighted by Crippen LogP contribution is -2.35. The summed E-state index contributed by atoms with van der Waals surface area (Å²) in [6.45, 7) is 2.21. The van der Waals surface area contributed by atoms with Crippen molar-refractivity contribution in [1.29, 1.82) is 0 Å². The Labute approximate surface area is 95.3 Å². The summed E-state index contributed by atoms with van der Waals surface area (Å²) in [4.78, 5) is 8.83. The molecule has 0 amide bonds.